The molecule has 6 nitrogen and oxygen atoms in total. The van der Waals surface area contributed by atoms with Crippen LogP contribution in [0.15, 0.2) is 60.8 Å². The van der Waals surface area contributed by atoms with Crippen molar-refractivity contribution in [3.05, 3.63) is 77.5 Å². The van der Waals surface area contributed by atoms with Gasteiger partial charge in [-0.3, -0.25) is 0 Å². The van der Waals surface area contributed by atoms with E-state index in [0.29, 0.717) is 18.9 Å². The predicted octanol–water partition coefficient (Wildman–Crippen LogP) is 4.82. The van der Waals surface area contributed by atoms with Gasteiger partial charge in [0.1, 0.15) is 30.0 Å². The first-order chi connectivity index (χ1) is 15.5. The second kappa shape index (κ2) is 11.0. The first-order valence-corrected chi connectivity index (χ1v) is 9.84. The average molecular weight is 439 g/mol. The molecule has 3 aromatic rings. The van der Waals surface area contributed by atoms with Crippen molar-refractivity contribution >= 4 is 5.82 Å². The van der Waals surface area contributed by atoms with Gasteiger partial charge in [0.25, 0.3) is 6.43 Å². The average Bonchev–Trinajstić information content (AvgIpc) is 2.83. The molecule has 0 saturated heterocycles. The van der Waals surface area contributed by atoms with Crippen LogP contribution in [-0.4, -0.2) is 32.2 Å². The summed E-state index contributed by atoms with van der Waals surface area (Å²) in [7, 11) is 3.21. The molecule has 0 N–H and O–H groups in total. The molecule has 0 unspecified atom stereocenters. The van der Waals surface area contributed by atoms with E-state index in [4.69, 9.17) is 14.2 Å². The van der Waals surface area contributed by atoms with Crippen LogP contribution in [0.5, 0.6) is 17.2 Å². The smallest absolute Gasteiger partial charge is 0.272 e. The lowest BCUT2D eigenvalue weighted by molar-refractivity contribution is 0.0816. The highest BCUT2D eigenvalue weighted by molar-refractivity contribution is 5.52. The zero-order valence-corrected chi connectivity index (χ0v) is 17.8. The van der Waals surface area contributed by atoms with E-state index in [1.54, 1.807) is 20.3 Å². The van der Waals surface area contributed by atoms with Crippen molar-refractivity contribution < 1.29 is 23.0 Å². The minimum atomic E-state index is -2.64. The number of hydrogen-bond donors (Lipinski definition) is 0. The largest absolute Gasteiger partial charge is 0.497 e. The summed E-state index contributed by atoms with van der Waals surface area (Å²) in [5.74, 6) is 2.06. The van der Waals surface area contributed by atoms with Crippen LogP contribution in [0.2, 0.25) is 0 Å². The van der Waals surface area contributed by atoms with Crippen LogP contribution >= 0.6 is 0 Å². The van der Waals surface area contributed by atoms with Crippen LogP contribution in [-0.2, 0) is 13.1 Å². The Morgan fingerprint density at radius 3 is 1.91 bits per heavy atom. The highest BCUT2D eigenvalue weighted by Gasteiger charge is 2.15. The van der Waals surface area contributed by atoms with Crippen molar-refractivity contribution in [1.29, 1.82) is 5.26 Å². The number of anilines is 1. The van der Waals surface area contributed by atoms with Crippen LogP contribution in [0.3, 0.4) is 0 Å². The van der Waals surface area contributed by atoms with E-state index in [1.807, 2.05) is 59.5 Å². The normalized spacial score (nSPS) is 10.5. The molecule has 1 heterocycles. The lowest BCUT2D eigenvalue weighted by Gasteiger charge is -2.25. The summed E-state index contributed by atoms with van der Waals surface area (Å²) in [5, 5.41) is 9.49. The fourth-order valence-corrected chi connectivity index (χ4v) is 3.08. The zero-order chi connectivity index (χ0) is 22.9. The molecule has 0 amide bonds. The van der Waals surface area contributed by atoms with Gasteiger partial charge in [-0.1, -0.05) is 24.3 Å². The predicted molar refractivity (Wildman–Crippen MR) is 116 cm³/mol. The molecule has 8 heteroatoms. The van der Waals surface area contributed by atoms with Gasteiger partial charge in [-0.05, 0) is 35.4 Å². The highest BCUT2D eigenvalue weighted by Crippen LogP contribution is 2.26. The molecule has 0 bridgehead atoms. The second-order valence-corrected chi connectivity index (χ2v) is 6.90. The molecule has 0 atom stereocenters. The molecular weight excluding hydrogens is 416 g/mol. The van der Waals surface area contributed by atoms with Crippen molar-refractivity contribution in [3.8, 4) is 23.3 Å². The number of hydrogen-bond acceptors (Lipinski definition) is 6. The van der Waals surface area contributed by atoms with Gasteiger partial charge in [-0.15, -0.1) is 0 Å². The van der Waals surface area contributed by atoms with E-state index in [9.17, 15) is 14.0 Å². The number of methoxy groups -OCH3 is 2. The minimum absolute atomic E-state index is 0.0328. The zero-order valence-electron chi connectivity index (χ0n) is 17.8. The summed E-state index contributed by atoms with van der Waals surface area (Å²) in [6.45, 7) is 0.216. The summed E-state index contributed by atoms with van der Waals surface area (Å²) in [6, 6.07) is 18.8. The van der Waals surface area contributed by atoms with Crippen molar-refractivity contribution in [2.75, 3.05) is 25.7 Å². The van der Waals surface area contributed by atoms with Gasteiger partial charge in [0.2, 0.25) is 0 Å². The van der Waals surface area contributed by atoms with Crippen LogP contribution in [0.25, 0.3) is 0 Å². The molecule has 3 rings (SSSR count). The molecular formula is C24H23F2N3O3. The van der Waals surface area contributed by atoms with Gasteiger partial charge in [-0.25, -0.2) is 13.8 Å². The van der Waals surface area contributed by atoms with Gasteiger partial charge in [0, 0.05) is 19.2 Å². The Morgan fingerprint density at radius 2 is 1.47 bits per heavy atom. The van der Waals surface area contributed by atoms with Gasteiger partial charge in [0.15, 0.2) is 5.75 Å². The molecule has 1 aromatic heterocycles. The number of aromatic nitrogens is 1. The summed E-state index contributed by atoms with van der Waals surface area (Å²) >= 11 is 0. The lowest BCUT2D eigenvalue weighted by atomic mass is 10.1. The number of nitriles is 1. The maximum absolute atomic E-state index is 12.5. The van der Waals surface area contributed by atoms with Gasteiger partial charge in [0.05, 0.1) is 26.0 Å². The molecule has 0 radical (unpaired) electrons. The first-order valence-electron chi connectivity index (χ1n) is 9.84. The van der Waals surface area contributed by atoms with Crippen LogP contribution in [0.1, 0.15) is 16.7 Å². The number of alkyl halides is 2. The van der Waals surface area contributed by atoms with Gasteiger partial charge < -0.3 is 19.1 Å². The minimum Gasteiger partial charge on any atom is -0.497 e. The lowest BCUT2D eigenvalue weighted by Crippen LogP contribution is -2.23. The number of rotatable bonds is 10. The number of pyridine rings is 1. The molecule has 166 valence electrons. The molecule has 32 heavy (non-hydrogen) atoms. The van der Waals surface area contributed by atoms with Crippen molar-refractivity contribution in [1.82, 2.24) is 4.98 Å². The van der Waals surface area contributed by atoms with E-state index in [0.717, 1.165) is 22.6 Å². The third-order valence-corrected chi connectivity index (χ3v) is 4.73. The molecule has 0 aliphatic rings. The fraction of sp³-hybridized carbons (Fsp3) is 0.250. The Morgan fingerprint density at radius 1 is 0.938 bits per heavy atom. The summed E-state index contributed by atoms with van der Waals surface area (Å²) in [5.41, 5.74) is 2.17. The van der Waals surface area contributed by atoms with Gasteiger partial charge in [-0.2, -0.15) is 5.26 Å². The standard InChI is InChI=1S/C24H23F2N3O3/c1-30-20-7-3-17(4-8-20)14-29(15-18-5-9-21(31-2)10-6-18)24-11-19(12-27)22(13-28-24)32-16-23(25)26/h3-11,13,23H,14-16H2,1-2H3. The third kappa shape index (κ3) is 6.08. The van der Waals surface area contributed by atoms with E-state index >= 15 is 0 Å². The number of halogens is 2. The van der Waals surface area contributed by atoms with E-state index in [-0.39, 0.29) is 11.3 Å². The quantitative estimate of drug-likeness (QED) is 0.451. The van der Waals surface area contributed by atoms with Crippen molar-refractivity contribution in [3.63, 3.8) is 0 Å². The monoisotopic (exact) mass is 439 g/mol. The maximum atomic E-state index is 12.5. The Kier molecular flexibility index (Phi) is 7.81. The SMILES string of the molecule is COc1ccc(CN(Cc2ccc(OC)cc2)c2cc(C#N)c(OCC(F)F)cn2)cc1. The molecule has 0 fully saturated rings. The van der Waals surface area contributed by atoms with E-state index < -0.39 is 13.0 Å². The Labute approximate surface area is 185 Å². The van der Waals surface area contributed by atoms with E-state index in [1.165, 1.54) is 6.20 Å². The number of benzene rings is 2. The second-order valence-electron chi connectivity index (χ2n) is 6.90. The third-order valence-electron chi connectivity index (χ3n) is 4.73. The molecule has 2 aromatic carbocycles. The van der Waals surface area contributed by atoms with Crippen molar-refractivity contribution in [2.45, 2.75) is 19.5 Å². The molecule has 0 aliphatic carbocycles. The first kappa shape index (κ1) is 22.8. The number of nitrogens with zero attached hydrogens (tertiary/aromatic N) is 3. The molecule has 0 spiro atoms. The van der Waals surface area contributed by atoms with E-state index in [2.05, 4.69) is 4.98 Å². The van der Waals surface area contributed by atoms with Crippen LogP contribution in [0.4, 0.5) is 14.6 Å². The van der Waals surface area contributed by atoms with Crippen LogP contribution < -0.4 is 19.1 Å². The van der Waals surface area contributed by atoms with Crippen LogP contribution in [0, 0.1) is 11.3 Å². The Balaban J connectivity index is 1.90. The van der Waals surface area contributed by atoms with Crippen molar-refractivity contribution in [2.24, 2.45) is 0 Å². The Hall–Kier alpha value is -3.86. The summed E-state index contributed by atoms with van der Waals surface area (Å²) in [4.78, 5) is 6.37. The molecule has 0 aliphatic heterocycles. The topological polar surface area (TPSA) is 67.6 Å². The fourth-order valence-electron chi connectivity index (χ4n) is 3.08. The number of ether oxygens (including phenoxy) is 3. The molecule has 0 saturated carbocycles. The summed E-state index contributed by atoms with van der Waals surface area (Å²) in [6.07, 6.45) is -1.33. The Bertz CT molecular complexity index is 1000. The van der Waals surface area contributed by atoms with Gasteiger partial charge >= 0.3 is 0 Å². The highest BCUT2D eigenvalue weighted by atomic mass is 19.3. The maximum Gasteiger partial charge on any atom is 0.272 e. The summed E-state index contributed by atoms with van der Waals surface area (Å²) < 4.78 is 40.5.